The van der Waals surface area contributed by atoms with Crippen LogP contribution in [0.25, 0.3) is 11.4 Å². The number of aromatic nitrogens is 3. The van der Waals surface area contributed by atoms with Gasteiger partial charge in [0.2, 0.25) is 5.95 Å². The second kappa shape index (κ2) is 5.31. The average molecular weight is 308 g/mol. The Hall–Kier alpha value is -3.02. The molecule has 114 valence electrons. The summed E-state index contributed by atoms with van der Waals surface area (Å²) < 4.78 is 15.4. The fourth-order valence-electron chi connectivity index (χ4n) is 2.75. The Morgan fingerprint density at radius 3 is 2.78 bits per heavy atom. The summed E-state index contributed by atoms with van der Waals surface area (Å²) in [5, 5.41) is 6.86. The second-order valence-electron chi connectivity index (χ2n) is 5.32. The highest BCUT2D eigenvalue weighted by atomic mass is 19.1. The molecule has 0 saturated carbocycles. The van der Waals surface area contributed by atoms with Crippen LogP contribution in [0.1, 0.15) is 15.9 Å². The maximum absolute atomic E-state index is 13.7. The number of carbonyl (C=O) groups is 1. The summed E-state index contributed by atoms with van der Waals surface area (Å²) in [6.07, 6.45) is 0.868. The molecule has 1 aliphatic heterocycles. The number of hydrogen-bond acceptors (Lipinski definition) is 3. The minimum Gasteiger partial charge on any atom is -0.289 e. The number of halogens is 1. The second-order valence-corrected chi connectivity index (χ2v) is 5.32. The maximum Gasteiger partial charge on any atom is 0.261 e. The topological polar surface area (TPSA) is 59.8 Å². The molecule has 23 heavy (non-hydrogen) atoms. The lowest BCUT2D eigenvalue weighted by molar-refractivity contribution is 0.102. The van der Waals surface area contributed by atoms with Crippen molar-refractivity contribution >= 4 is 11.9 Å². The summed E-state index contributed by atoms with van der Waals surface area (Å²) >= 11 is 0. The Bertz CT molecular complexity index is 903. The van der Waals surface area contributed by atoms with Gasteiger partial charge in [-0.05, 0) is 24.1 Å². The Morgan fingerprint density at radius 1 is 1.13 bits per heavy atom. The zero-order valence-corrected chi connectivity index (χ0v) is 12.2. The van der Waals surface area contributed by atoms with Gasteiger partial charge < -0.3 is 0 Å². The summed E-state index contributed by atoms with van der Waals surface area (Å²) in [5.74, 6) is -0.223. The molecule has 3 aromatic rings. The molecule has 0 bridgehead atoms. The van der Waals surface area contributed by atoms with Crippen LogP contribution in [0.3, 0.4) is 0 Å². The van der Waals surface area contributed by atoms with Gasteiger partial charge in [-0.15, -0.1) is 5.10 Å². The molecule has 0 spiro atoms. The highest BCUT2D eigenvalue weighted by Gasteiger charge is 2.21. The van der Waals surface area contributed by atoms with Crippen molar-refractivity contribution in [3.05, 3.63) is 65.5 Å². The third-order valence-corrected chi connectivity index (χ3v) is 3.87. The zero-order valence-electron chi connectivity index (χ0n) is 12.2. The summed E-state index contributed by atoms with van der Waals surface area (Å²) in [7, 11) is 0. The lowest BCUT2D eigenvalue weighted by Gasteiger charge is -2.15. The molecule has 4 rings (SSSR count). The average Bonchev–Trinajstić information content (AvgIpc) is 2.98. The van der Waals surface area contributed by atoms with Gasteiger partial charge in [0.1, 0.15) is 5.82 Å². The largest absolute Gasteiger partial charge is 0.289 e. The number of rotatable bonds is 2. The maximum atomic E-state index is 13.7. The molecule has 0 saturated heterocycles. The molecule has 2 heterocycles. The van der Waals surface area contributed by atoms with Crippen molar-refractivity contribution < 1.29 is 9.18 Å². The van der Waals surface area contributed by atoms with E-state index in [0.717, 1.165) is 17.8 Å². The molecule has 1 aliphatic rings. The Kier molecular flexibility index (Phi) is 3.15. The van der Waals surface area contributed by atoms with E-state index >= 15 is 0 Å². The summed E-state index contributed by atoms with van der Waals surface area (Å²) in [6.45, 7) is 0.703. The lowest BCUT2D eigenvalue weighted by atomic mass is 10.0. The van der Waals surface area contributed by atoms with Crippen molar-refractivity contribution in [3.63, 3.8) is 0 Å². The van der Waals surface area contributed by atoms with E-state index in [2.05, 4.69) is 21.5 Å². The minimum absolute atomic E-state index is 0.0272. The number of anilines is 1. The van der Waals surface area contributed by atoms with Gasteiger partial charge in [-0.2, -0.15) is 4.98 Å². The number of fused-ring (bicyclic) bond motifs is 3. The molecule has 1 amide bonds. The van der Waals surface area contributed by atoms with E-state index in [1.54, 1.807) is 10.7 Å². The molecule has 1 aromatic heterocycles. The Balaban J connectivity index is 1.65. The first-order valence-electron chi connectivity index (χ1n) is 7.31. The van der Waals surface area contributed by atoms with E-state index < -0.39 is 11.7 Å². The van der Waals surface area contributed by atoms with E-state index in [0.29, 0.717) is 6.54 Å². The van der Waals surface area contributed by atoms with E-state index in [9.17, 15) is 9.18 Å². The molecule has 5 nitrogen and oxygen atoms in total. The monoisotopic (exact) mass is 308 g/mol. The van der Waals surface area contributed by atoms with Crippen LogP contribution >= 0.6 is 0 Å². The molecule has 0 radical (unpaired) electrons. The number of benzene rings is 2. The standard InChI is InChI=1S/C17H13FN4O/c18-14-8-4-3-7-13(14)16(23)20-17-19-15-12-6-2-1-5-11(12)9-10-22(15)21-17/h1-8H,9-10H2,(H,20,21,23). The number of hydrogen-bond donors (Lipinski definition) is 1. The van der Waals surface area contributed by atoms with Crippen molar-refractivity contribution in [1.82, 2.24) is 14.8 Å². The summed E-state index contributed by atoms with van der Waals surface area (Å²) in [4.78, 5) is 16.5. The van der Waals surface area contributed by atoms with Gasteiger partial charge in [0, 0.05) is 12.1 Å². The van der Waals surface area contributed by atoms with Gasteiger partial charge in [-0.1, -0.05) is 36.4 Å². The van der Waals surface area contributed by atoms with Crippen LogP contribution in [0, 0.1) is 5.82 Å². The Morgan fingerprint density at radius 2 is 1.91 bits per heavy atom. The predicted octanol–water partition coefficient (Wildman–Crippen LogP) is 2.89. The zero-order chi connectivity index (χ0) is 15.8. The van der Waals surface area contributed by atoms with Crippen molar-refractivity contribution in [2.24, 2.45) is 0 Å². The highest BCUT2D eigenvalue weighted by Crippen LogP contribution is 2.28. The predicted molar refractivity (Wildman–Crippen MR) is 83.5 cm³/mol. The minimum atomic E-state index is -0.570. The normalized spacial score (nSPS) is 12.4. The van der Waals surface area contributed by atoms with Gasteiger partial charge in [-0.3, -0.25) is 10.1 Å². The van der Waals surface area contributed by atoms with Crippen LogP contribution in [0.2, 0.25) is 0 Å². The fraction of sp³-hybridized carbons (Fsp3) is 0.118. The van der Waals surface area contributed by atoms with E-state index in [1.165, 1.54) is 23.8 Å². The van der Waals surface area contributed by atoms with Crippen LogP contribution < -0.4 is 5.32 Å². The quantitative estimate of drug-likeness (QED) is 0.792. The summed E-state index contributed by atoms with van der Waals surface area (Å²) in [6, 6.07) is 13.8. The van der Waals surface area contributed by atoms with Crippen molar-refractivity contribution in [3.8, 4) is 11.4 Å². The molecule has 0 unspecified atom stereocenters. The van der Waals surface area contributed by atoms with Gasteiger partial charge in [0.15, 0.2) is 5.82 Å². The van der Waals surface area contributed by atoms with Gasteiger partial charge in [0.05, 0.1) is 5.56 Å². The SMILES string of the molecule is O=C(Nc1nc2n(n1)CCc1ccccc1-2)c1ccccc1F. The first-order chi connectivity index (χ1) is 11.2. The van der Waals surface area contributed by atoms with E-state index in [1.807, 2.05) is 18.2 Å². The smallest absolute Gasteiger partial charge is 0.261 e. The molecule has 0 atom stereocenters. The van der Waals surface area contributed by atoms with Crippen molar-refractivity contribution in [2.75, 3.05) is 5.32 Å². The van der Waals surface area contributed by atoms with Crippen LogP contribution in [0.15, 0.2) is 48.5 Å². The van der Waals surface area contributed by atoms with E-state index in [-0.39, 0.29) is 11.5 Å². The number of carbonyl (C=O) groups excluding carboxylic acids is 1. The Labute approximate surface area is 131 Å². The van der Waals surface area contributed by atoms with Crippen LogP contribution in [0.5, 0.6) is 0 Å². The van der Waals surface area contributed by atoms with Crippen LogP contribution in [-0.2, 0) is 13.0 Å². The molecular formula is C17H13FN4O. The van der Waals surface area contributed by atoms with Crippen molar-refractivity contribution in [1.29, 1.82) is 0 Å². The molecular weight excluding hydrogens is 295 g/mol. The molecule has 6 heteroatoms. The first-order valence-corrected chi connectivity index (χ1v) is 7.31. The number of nitrogens with one attached hydrogen (secondary N) is 1. The third kappa shape index (κ3) is 2.38. The molecule has 0 aliphatic carbocycles. The number of nitrogens with zero attached hydrogens (tertiary/aromatic N) is 3. The summed E-state index contributed by atoms with van der Waals surface area (Å²) in [5.41, 5.74) is 2.19. The van der Waals surface area contributed by atoms with E-state index in [4.69, 9.17) is 0 Å². The van der Waals surface area contributed by atoms with Gasteiger partial charge in [-0.25, -0.2) is 9.07 Å². The first kappa shape index (κ1) is 13.6. The molecule has 0 fully saturated rings. The lowest BCUT2D eigenvalue weighted by Crippen LogP contribution is -2.15. The van der Waals surface area contributed by atoms with Gasteiger partial charge in [0.25, 0.3) is 5.91 Å². The van der Waals surface area contributed by atoms with Gasteiger partial charge >= 0.3 is 0 Å². The van der Waals surface area contributed by atoms with Crippen LogP contribution in [-0.4, -0.2) is 20.7 Å². The number of amides is 1. The third-order valence-electron chi connectivity index (χ3n) is 3.87. The highest BCUT2D eigenvalue weighted by molar-refractivity contribution is 6.03. The van der Waals surface area contributed by atoms with Crippen molar-refractivity contribution in [2.45, 2.75) is 13.0 Å². The number of aryl methyl sites for hydroxylation is 2. The van der Waals surface area contributed by atoms with Crippen LogP contribution in [0.4, 0.5) is 10.3 Å². The fourth-order valence-corrected chi connectivity index (χ4v) is 2.75. The molecule has 1 N–H and O–H groups in total. The molecule has 2 aromatic carbocycles.